The summed E-state index contributed by atoms with van der Waals surface area (Å²) in [5, 5.41) is 12.0. The van der Waals surface area contributed by atoms with E-state index in [2.05, 4.69) is 5.16 Å². The fourth-order valence-corrected chi connectivity index (χ4v) is 2.63. The molecule has 0 saturated carbocycles. The second-order valence-electron chi connectivity index (χ2n) is 5.12. The van der Waals surface area contributed by atoms with Crippen LogP contribution >= 0.6 is 0 Å². The third-order valence-electron chi connectivity index (χ3n) is 3.71. The van der Waals surface area contributed by atoms with E-state index in [1.807, 2.05) is 18.2 Å². The zero-order valence-corrected chi connectivity index (χ0v) is 11.4. The number of rotatable bonds is 5. The molecule has 5 nitrogen and oxygen atoms in total. The van der Waals surface area contributed by atoms with E-state index in [0.29, 0.717) is 25.0 Å². The first-order chi connectivity index (χ1) is 9.86. The van der Waals surface area contributed by atoms with Gasteiger partial charge in [-0.2, -0.15) is 0 Å². The molecule has 0 spiro atoms. The lowest BCUT2D eigenvalue weighted by atomic mass is 10.1. The van der Waals surface area contributed by atoms with Gasteiger partial charge in [-0.1, -0.05) is 5.16 Å². The number of fused-ring (bicyclic) bond motifs is 1. The van der Waals surface area contributed by atoms with E-state index in [-0.39, 0.29) is 0 Å². The Labute approximate surface area is 118 Å². The molecule has 1 atom stereocenters. The molecular weight excluding hydrogens is 258 g/mol. The van der Waals surface area contributed by atoms with Crippen LogP contribution in [0.5, 0.6) is 11.5 Å². The highest BCUT2D eigenvalue weighted by molar-refractivity contribution is 6.05. The van der Waals surface area contributed by atoms with Crippen molar-refractivity contribution in [1.82, 2.24) is 0 Å². The average Bonchev–Trinajstić information content (AvgIpc) is 3.12. The van der Waals surface area contributed by atoms with Crippen LogP contribution in [0.1, 0.15) is 31.2 Å². The second kappa shape index (κ2) is 6.13. The molecule has 0 aromatic heterocycles. The smallest absolute Gasteiger partial charge is 0.134 e. The molecule has 1 N–H and O–H groups in total. The monoisotopic (exact) mass is 277 g/mol. The SMILES string of the molecule is ON=C1COc2cc(OCCCC3CCCO3)ccc21. The summed E-state index contributed by atoms with van der Waals surface area (Å²) in [6.07, 6.45) is 4.83. The summed E-state index contributed by atoms with van der Waals surface area (Å²) in [7, 11) is 0. The van der Waals surface area contributed by atoms with Gasteiger partial charge in [-0.05, 0) is 37.8 Å². The van der Waals surface area contributed by atoms with Crippen LogP contribution in [-0.2, 0) is 4.74 Å². The highest BCUT2D eigenvalue weighted by Crippen LogP contribution is 2.30. The molecule has 20 heavy (non-hydrogen) atoms. The molecule has 0 amide bonds. The van der Waals surface area contributed by atoms with Crippen molar-refractivity contribution in [3.8, 4) is 11.5 Å². The summed E-state index contributed by atoms with van der Waals surface area (Å²) < 4.78 is 16.7. The summed E-state index contributed by atoms with van der Waals surface area (Å²) in [5.74, 6) is 1.50. The molecule has 2 aliphatic rings. The zero-order chi connectivity index (χ0) is 13.8. The van der Waals surface area contributed by atoms with Crippen molar-refractivity contribution in [2.24, 2.45) is 5.16 Å². The molecule has 108 valence electrons. The third-order valence-corrected chi connectivity index (χ3v) is 3.71. The number of hydrogen-bond acceptors (Lipinski definition) is 5. The number of benzene rings is 1. The van der Waals surface area contributed by atoms with Crippen molar-refractivity contribution in [3.63, 3.8) is 0 Å². The van der Waals surface area contributed by atoms with E-state index in [1.54, 1.807) is 0 Å². The van der Waals surface area contributed by atoms with Crippen molar-refractivity contribution in [2.75, 3.05) is 19.8 Å². The minimum absolute atomic E-state index is 0.314. The third kappa shape index (κ3) is 2.88. The first-order valence-corrected chi connectivity index (χ1v) is 7.09. The summed E-state index contributed by atoms with van der Waals surface area (Å²) in [5.41, 5.74) is 1.39. The standard InChI is InChI=1S/C15H19NO4/c17-16-14-10-20-15-9-12(5-6-13(14)15)19-8-2-4-11-3-1-7-18-11/h5-6,9,11,17H,1-4,7-8,10H2. The van der Waals surface area contributed by atoms with Gasteiger partial charge in [0, 0.05) is 18.2 Å². The first-order valence-electron chi connectivity index (χ1n) is 7.09. The summed E-state index contributed by atoms with van der Waals surface area (Å²) in [6, 6.07) is 5.59. The first kappa shape index (κ1) is 13.2. The minimum atomic E-state index is 0.314. The van der Waals surface area contributed by atoms with Crippen LogP contribution in [0.4, 0.5) is 0 Å². The molecule has 1 aromatic carbocycles. The van der Waals surface area contributed by atoms with Gasteiger partial charge in [0.2, 0.25) is 0 Å². The average molecular weight is 277 g/mol. The Bertz CT molecular complexity index is 495. The van der Waals surface area contributed by atoms with E-state index < -0.39 is 0 Å². The molecule has 1 unspecified atom stereocenters. The van der Waals surface area contributed by atoms with Gasteiger partial charge < -0.3 is 19.4 Å². The number of oxime groups is 1. The van der Waals surface area contributed by atoms with E-state index in [1.165, 1.54) is 12.8 Å². The van der Waals surface area contributed by atoms with Gasteiger partial charge >= 0.3 is 0 Å². The molecule has 0 bridgehead atoms. The van der Waals surface area contributed by atoms with E-state index in [9.17, 15) is 0 Å². The molecule has 2 heterocycles. The maximum atomic E-state index is 8.82. The number of hydrogen-bond donors (Lipinski definition) is 1. The van der Waals surface area contributed by atoms with Crippen molar-refractivity contribution >= 4 is 5.71 Å². The van der Waals surface area contributed by atoms with Crippen LogP contribution in [-0.4, -0.2) is 36.8 Å². The molecule has 2 aliphatic heterocycles. The highest BCUT2D eigenvalue weighted by Gasteiger charge is 2.20. The Kier molecular flexibility index (Phi) is 4.06. The van der Waals surface area contributed by atoms with Gasteiger partial charge in [0.1, 0.15) is 23.8 Å². The van der Waals surface area contributed by atoms with Crippen molar-refractivity contribution in [3.05, 3.63) is 23.8 Å². The summed E-state index contributed by atoms with van der Waals surface area (Å²) in [6.45, 7) is 1.90. The molecule has 1 aromatic rings. The lowest BCUT2D eigenvalue weighted by Gasteiger charge is -2.10. The molecular formula is C15H19NO4. The summed E-state index contributed by atoms with van der Waals surface area (Å²) >= 11 is 0. The van der Waals surface area contributed by atoms with Crippen LogP contribution in [0.15, 0.2) is 23.4 Å². The van der Waals surface area contributed by atoms with Crippen molar-refractivity contribution in [1.29, 1.82) is 0 Å². The number of nitrogens with zero attached hydrogens (tertiary/aromatic N) is 1. The van der Waals surface area contributed by atoms with Crippen molar-refractivity contribution < 1.29 is 19.4 Å². The van der Waals surface area contributed by atoms with Crippen LogP contribution in [0.2, 0.25) is 0 Å². The largest absolute Gasteiger partial charge is 0.493 e. The maximum Gasteiger partial charge on any atom is 0.134 e. The number of ether oxygens (including phenoxy) is 3. The van der Waals surface area contributed by atoms with Gasteiger partial charge in [-0.15, -0.1) is 0 Å². The van der Waals surface area contributed by atoms with Gasteiger partial charge in [0.25, 0.3) is 0 Å². The fourth-order valence-electron chi connectivity index (χ4n) is 2.63. The lowest BCUT2D eigenvalue weighted by molar-refractivity contribution is 0.0981. The van der Waals surface area contributed by atoms with Gasteiger partial charge in [0.05, 0.1) is 12.7 Å². The zero-order valence-electron chi connectivity index (χ0n) is 11.4. The fraction of sp³-hybridized carbons (Fsp3) is 0.533. The normalized spacial score (nSPS) is 22.8. The van der Waals surface area contributed by atoms with Gasteiger partial charge in [-0.3, -0.25) is 0 Å². The van der Waals surface area contributed by atoms with E-state index >= 15 is 0 Å². The Morgan fingerprint density at radius 2 is 2.35 bits per heavy atom. The quantitative estimate of drug-likeness (QED) is 0.510. The van der Waals surface area contributed by atoms with Gasteiger partial charge in [0.15, 0.2) is 0 Å². The van der Waals surface area contributed by atoms with Crippen LogP contribution < -0.4 is 9.47 Å². The molecule has 5 heteroatoms. The van der Waals surface area contributed by atoms with E-state index in [0.717, 1.165) is 36.5 Å². The molecule has 3 rings (SSSR count). The van der Waals surface area contributed by atoms with Crippen LogP contribution in [0.3, 0.4) is 0 Å². The molecule has 1 fully saturated rings. The Morgan fingerprint density at radius 3 is 3.15 bits per heavy atom. The Hall–Kier alpha value is -1.75. The second-order valence-corrected chi connectivity index (χ2v) is 5.12. The van der Waals surface area contributed by atoms with Gasteiger partial charge in [-0.25, -0.2) is 0 Å². The highest BCUT2D eigenvalue weighted by atomic mass is 16.5. The predicted octanol–water partition coefficient (Wildman–Crippen LogP) is 2.60. The topological polar surface area (TPSA) is 60.3 Å². The van der Waals surface area contributed by atoms with Crippen molar-refractivity contribution in [2.45, 2.75) is 31.8 Å². The molecule has 0 aliphatic carbocycles. The Morgan fingerprint density at radius 1 is 1.40 bits per heavy atom. The van der Waals surface area contributed by atoms with E-state index in [4.69, 9.17) is 19.4 Å². The molecule has 1 saturated heterocycles. The molecule has 0 radical (unpaired) electrons. The Balaban J connectivity index is 1.49. The predicted molar refractivity (Wildman–Crippen MR) is 74.0 cm³/mol. The summed E-state index contributed by atoms with van der Waals surface area (Å²) in [4.78, 5) is 0. The lowest BCUT2D eigenvalue weighted by Crippen LogP contribution is -2.07. The minimum Gasteiger partial charge on any atom is -0.493 e. The van der Waals surface area contributed by atoms with Crippen LogP contribution in [0, 0.1) is 0 Å². The maximum absolute atomic E-state index is 8.82. The van der Waals surface area contributed by atoms with Crippen LogP contribution in [0.25, 0.3) is 0 Å².